The number of para-hydroxylation sites is 1. The molecule has 0 saturated heterocycles. The highest BCUT2D eigenvalue weighted by atomic mass is 16.5. The van der Waals surface area contributed by atoms with E-state index in [1.807, 2.05) is 30.3 Å². The van der Waals surface area contributed by atoms with E-state index >= 15 is 0 Å². The maximum atomic E-state index is 10.9. The van der Waals surface area contributed by atoms with E-state index in [2.05, 4.69) is 4.90 Å². The first-order valence-corrected chi connectivity index (χ1v) is 7.39. The van der Waals surface area contributed by atoms with Gasteiger partial charge in [0, 0.05) is 12.6 Å². The highest BCUT2D eigenvalue weighted by molar-refractivity contribution is 5.69. The van der Waals surface area contributed by atoms with Crippen LogP contribution in [0.25, 0.3) is 0 Å². The fourth-order valence-corrected chi connectivity index (χ4v) is 2.81. The number of aliphatic carboxylic acids is 1. The van der Waals surface area contributed by atoms with Gasteiger partial charge >= 0.3 is 5.97 Å². The highest BCUT2D eigenvalue weighted by Crippen LogP contribution is 2.23. The lowest BCUT2D eigenvalue weighted by Crippen LogP contribution is -2.38. The van der Waals surface area contributed by atoms with E-state index in [1.165, 1.54) is 12.8 Å². The quantitative estimate of drug-likeness (QED) is 0.742. The second-order valence-corrected chi connectivity index (χ2v) is 5.32. The molecule has 0 unspecified atom stereocenters. The molecule has 4 nitrogen and oxygen atoms in total. The summed E-state index contributed by atoms with van der Waals surface area (Å²) in [5.41, 5.74) is 0. The van der Waals surface area contributed by atoms with Crippen LogP contribution in [0.3, 0.4) is 0 Å². The number of hydrogen-bond acceptors (Lipinski definition) is 3. The summed E-state index contributed by atoms with van der Waals surface area (Å²) in [7, 11) is 0. The number of hydrogen-bond donors (Lipinski definition) is 1. The molecule has 0 heterocycles. The minimum Gasteiger partial charge on any atom is -0.494 e. The highest BCUT2D eigenvalue weighted by Gasteiger charge is 2.23. The van der Waals surface area contributed by atoms with E-state index in [0.29, 0.717) is 12.6 Å². The zero-order valence-electron chi connectivity index (χ0n) is 11.8. The molecule has 1 aliphatic rings. The molecule has 110 valence electrons. The summed E-state index contributed by atoms with van der Waals surface area (Å²) in [6, 6.07) is 10.2. The molecule has 0 radical (unpaired) electrons. The standard InChI is InChI=1S/C16H23NO3/c18-16(19)13-17(14-7-4-5-8-14)11-6-12-20-15-9-2-1-3-10-15/h1-3,9-10,14H,4-8,11-13H2,(H,18,19). The largest absolute Gasteiger partial charge is 0.494 e. The Morgan fingerprint density at radius 1 is 1.25 bits per heavy atom. The van der Waals surface area contributed by atoms with Crippen LogP contribution in [0, 0.1) is 0 Å². The summed E-state index contributed by atoms with van der Waals surface area (Å²) in [5, 5.41) is 9.01. The van der Waals surface area contributed by atoms with Gasteiger partial charge in [-0.15, -0.1) is 0 Å². The fraction of sp³-hybridized carbons (Fsp3) is 0.562. The molecule has 0 aromatic heterocycles. The lowest BCUT2D eigenvalue weighted by molar-refractivity contribution is -0.139. The molecule has 1 aromatic rings. The van der Waals surface area contributed by atoms with Crippen LogP contribution in [-0.4, -0.2) is 41.7 Å². The molecular weight excluding hydrogens is 254 g/mol. The van der Waals surface area contributed by atoms with Crippen molar-refractivity contribution in [3.8, 4) is 5.75 Å². The average molecular weight is 277 g/mol. The van der Waals surface area contributed by atoms with Gasteiger partial charge in [0.05, 0.1) is 13.2 Å². The predicted octanol–water partition coefficient (Wildman–Crippen LogP) is 2.78. The molecule has 20 heavy (non-hydrogen) atoms. The third-order valence-corrected chi connectivity index (χ3v) is 3.78. The lowest BCUT2D eigenvalue weighted by Gasteiger charge is -2.26. The van der Waals surface area contributed by atoms with Crippen LogP contribution in [-0.2, 0) is 4.79 Å². The molecule has 1 saturated carbocycles. The predicted molar refractivity (Wildman–Crippen MR) is 78.0 cm³/mol. The van der Waals surface area contributed by atoms with Crippen LogP contribution in [0.5, 0.6) is 5.75 Å². The lowest BCUT2D eigenvalue weighted by atomic mass is 10.2. The van der Waals surface area contributed by atoms with Crippen LogP contribution < -0.4 is 4.74 Å². The number of benzene rings is 1. The van der Waals surface area contributed by atoms with Gasteiger partial charge in [-0.05, 0) is 31.4 Å². The summed E-state index contributed by atoms with van der Waals surface area (Å²) in [4.78, 5) is 13.0. The van der Waals surface area contributed by atoms with Crippen molar-refractivity contribution in [1.82, 2.24) is 4.90 Å². The molecule has 4 heteroatoms. The Labute approximate surface area is 120 Å². The van der Waals surface area contributed by atoms with E-state index in [0.717, 1.165) is 31.6 Å². The second-order valence-electron chi connectivity index (χ2n) is 5.32. The molecule has 0 spiro atoms. The first-order chi connectivity index (χ1) is 9.75. The number of carboxylic acid groups (broad SMARTS) is 1. The molecule has 0 atom stereocenters. The summed E-state index contributed by atoms with van der Waals surface area (Å²) in [5.74, 6) is 0.138. The summed E-state index contributed by atoms with van der Waals surface area (Å²) in [6.07, 6.45) is 5.57. The zero-order chi connectivity index (χ0) is 14.2. The van der Waals surface area contributed by atoms with Crippen LogP contribution in [0.15, 0.2) is 30.3 Å². The van der Waals surface area contributed by atoms with Gasteiger partial charge in [-0.1, -0.05) is 31.0 Å². The Balaban J connectivity index is 1.72. The van der Waals surface area contributed by atoms with E-state index in [1.54, 1.807) is 0 Å². The number of ether oxygens (including phenoxy) is 1. The van der Waals surface area contributed by atoms with Gasteiger partial charge < -0.3 is 9.84 Å². The Kier molecular flexibility index (Phi) is 5.87. The topological polar surface area (TPSA) is 49.8 Å². The van der Waals surface area contributed by atoms with Crippen molar-refractivity contribution in [2.75, 3.05) is 19.7 Å². The number of nitrogens with zero attached hydrogens (tertiary/aromatic N) is 1. The number of rotatable bonds is 8. The van der Waals surface area contributed by atoms with Crippen molar-refractivity contribution in [2.24, 2.45) is 0 Å². The summed E-state index contributed by atoms with van der Waals surface area (Å²) >= 11 is 0. The fourth-order valence-electron chi connectivity index (χ4n) is 2.81. The minimum atomic E-state index is -0.735. The van der Waals surface area contributed by atoms with Gasteiger partial charge in [0.15, 0.2) is 0 Å². The molecule has 0 aliphatic heterocycles. The van der Waals surface area contributed by atoms with Gasteiger partial charge in [-0.25, -0.2) is 0 Å². The number of carbonyl (C=O) groups is 1. The van der Waals surface area contributed by atoms with Gasteiger partial charge in [-0.2, -0.15) is 0 Å². The van der Waals surface area contributed by atoms with Gasteiger partial charge in [0.1, 0.15) is 5.75 Å². The minimum absolute atomic E-state index is 0.149. The van der Waals surface area contributed by atoms with E-state index in [-0.39, 0.29) is 6.54 Å². The normalized spacial score (nSPS) is 15.7. The maximum absolute atomic E-state index is 10.9. The Morgan fingerprint density at radius 2 is 1.95 bits per heavy atom. The van der Waals surface area contributed by atoms with Crippen molar-refractivity contribution in [1.29, 1.82) is 0 Å². The van der Waals surface area contributed by atoms with Crippen LogP contribution in [0.2, 0.25) is 0 Å². The van der Waals surface area contributed by atoms with Crippen molar-refractivity contribution < 1.29 is 14.6 Å². The first kappa shape index (κ1) is 14.9. The van der Waals surface area contributed by atoms with Crippen molar-refractivity contribution >= 4 is 5.97 Å². The molecule has 1 aromatic carbocycles. The monoisotopic (exact) mass is 277 g/mol. The Morgan fingerprint density at radius 3 is 2.60 bits per heavy atom. The van der Waals surface area contributed by atoms with E-state index < -0.39 is 5.97 Å². The molecule has 0 amide bonds. The van der Waals surface area contributed by atoms with Crippen molar-refractivity contribution in [3.63, 3.8) is 0 Å². The third-order valence-electron chi connectivity index (χ3n) is 3.78. The van der Waals surface area contributed by atoms with Crippen LogP contribution in [0.4, 0.5) is 0 Å². The van der Waals surface area contributed by atoms with E-state index in [9.17, 15) is 4.79 Å². The molecule has 2 rings (SSSR count). The molecular formula is C16H23NO3. The Bertz CT molecular complexity index is 401. The smallest absolute Gasteiger partial charge is 0.317 e. The SMILES string of the molecule is O=C(O)CN(CCCOc1ccccc1)C1CCCC1. The van der Waals surface area contributed by atoms with Crippen LogP contribution in [0.1, 0.15) is 32.1 Å². The van der Waals surface area contributed by atoms with Gasteiger partial charge in [0.25, 0.3) is 0 Å². The zero-order valence-corrected chi connectivity index (χ0v) is 11.8. The van der Waals surface area contributed by atoms with Crippen LogP contribution >= 0.6 is 0 Å². The van der Waals surface area contributed by atoms with Gasteiger partial charge in [-0.3, -0.25) is 9.69 Å². The number of carboxylic acids is 1. The average Bonchev–Trinajstić information content (AvgIpc) is 2.97. The molecule has 0 bridgehead atoms. The first-order valence-electron chi connectivity index (χ1n) is 7.39. The van der Waals surface area contributed by atoms with Gasteiger partial charge in [0.2, 0.25) is 0 Å². The third kappa shape index (κ3) is 4.85. The van der Waals surface area contributed by atoms with E-state index in [4.69, 9.17) is 9.84 Å². The molecule has 1 aliphatic carbocycles. The molecule has 1 fully saturated rings. The van der Waals surface area contributed by atoms with Crippen molar-refractivity contribution in [3.05, 3.63) is 30.3 Å². The molecule has 1 N–H and O–H groups in total. The maximum Gasteiger partial charge on any atom is 0.317 e. The summed E-state index contributed by atoms with van der Waals surface area (Å²) in [6.45, 7) is 1.58. The Hall–Kier alpha value is -1.55. The van der Waals surface area contributed by atoms with Crippen molar-refractivity contribution in [2.45, 2.75) is 38.1 Å². The summed E-state index contributed by atoms with van der Waals surface area (Å²) < 4.78 is 5.65. The second kappa shape index (κ2) is 7.90.